The van der Waals surface area contributed by atoms with Crippen molar-refractivity contribution in [3.63, 3.8) is 0 Å². The fraction of sp³-hybridized carbons (Fsp3) is 0.167. The second kappa shape index (κ2) is 8.86. The number of aromatic nitrogens is 2. The first-order chi connectivity index (χ1) is 16.4. The number of pyridine rings is 1. The first-order valence-corrected chi connectivity index (χ1v) is 11.2. The summed E-state index contributed by atoms with van der Waals surface area (Å²) in [5.74, 6) is -3.30. The van der Waals surface area contributed by atoms with Crippen LogP contribution in [-0.4, -0.2) is 28.3 Å². The molecular formula is C24H17F3N4O2S. The topological polar surface area (TPSA) is 66.4 Å². The van der Waals surface area contributed by atoms with Crippen LogP contribution in [0.1, 0.15) is 12.0 Å². The Kier molecular flexibility index (Phi) is 5.74. The molecule has 1 aliphatic heterocycles. The van der Waals surface area contributed by atoms with Crippen LogP contribution in [0.25, 0.3) is 10.2 Å². The number of hydrogen-bond donors (Lipinski definition) is 0. The number of thiazole rings is 1. The summed E-state index contributed by atoms with van der Waals surface area (Å²) in [5.41, 5.74) is 1.18. The molecule has 2 aromatic heterocycles. The van der Waals surface area contributed by atoms with Gasteiger partial charge in [0.15, 0.2) is 10.9 Å². The third kappa shape index (κ3) is 4.24. The molecule has 2 aromatic carbocycles. The van der Waals surface area contributed by atoms with E-state index in [1.54, 1.807) is 24.5 Å². The number of benzene rings is 2. The molecule has 0 aliphatic carbocycles. The van der Waals surface area contributed by atoms with Gasteiger partial charge in [-0.05, 0) is 42.0 Å². The van der Waals surface area contributed by atoms with E-state index in [1.165, 1.54) is 40.1 Å². The molecule has 0 spiro atoms. The third-order valence-electron chi connectivity index (χ3n) is 5.57. The van der Waals surface area contributed by atoms with Crippen molar-refractivity contribution >= 4 is 44.2 Å². The van der Waals surface area contributed by atoms with Crippen LogP contribution in [0, 0.1) is 23.4 Å². The van der Waals surface area contributed by atoms with Crippen molar-refractivity contribution in [2.45, 2.75) is 13.0 Å². The molecule has 6 nitrogen and oxygen atoms in total. The van der Waals surface area contributed by atoms with Gasteiger partial charge in [0.2, 0.25) is 11.8 Å². The molecule has 4 aromatic rings. The molecule has 1 fully saturated rings. The first-order valence-electron chi connectivity index (χ1n) is 10.4. The summed E-state index contributed by atoms with van der Waals surface area (Å²) in [5, 5.41) is 0.195. The Bertz CT molecular complexity index is 1380. The zero-order valence-electron chi connectivity index (χ0n) is 17.6. The molecule has 1 atom stereocenters. The zero-order valence-corrected chi connectivity index (χ0v) is 18.4. The summed E-state index contributed by atoms with van der Waals surface area (Å²) in [6.07, 6.45) is 3.16. The molecular weight excluding hydrogens is 465 g/mol. The molecule has 1 saturated heterocycles. The SMILES string of the molecule is O=C1CC(C(=O)N(Cc2cccnc2)c2nc3c(F)cc(F)cc3s2)CN1c1ccc(F)cc1. The van der Waals surface area contributed by atoms with Gasteiger partial charge in [-0.3, -0.25) is 19.5 Å². The highest BCUT2D eigenvalue weighted by Crippen LogP contribution is 2.34. The molecule has 0 bridgehead atoms. The Morgan fingerprint density at radius 1 is 1.12 bits per heavy atom. The lowest BCUT2D eigenvalue weighted by molar-refractivity contribution is -0.124. The Morgan fingerprint density at radius 3 is 2.65 bits per heavy atom. The van der Waals surface area contributed by atoms with Gasteiger partial charge in [0.1, 0.15) is 17.2 Å². The lowest BCUT2D eigenvalue weighted by atomic mass is 10.1. The van der Waals surface area contributed by atoms with E-state index in [4.69, 9.17) is 0 Å². The molecule has 0 radical (unpaired) electrons. The minimum absolute atomic E-state index is 0.0270. The molecule has 172 valence electrons. The van der Waals surface area contributed by atoms with Crippen LogP contribution >= 0.6 is 11.3 Å². The Morgan fingerprint density at radius 2 is 1.91 bits per heavy atom. The smallest absolute Gasteiger partial charge is 0.234 e. The van der Waals surface area contributed by atoms with Gasteiger partial charge < -0.3 is 4.90 Å². The molecule has 10 heteroatoms. The fourth-order valence-corrected chi connectivity index (χ4v) is 4.95. The van der Waals surface area contributed by atoms with Crippen molar-refractivity contribution < 1.29 is 22.8 Å². The van der Waals surface area contributed by atoms with Gasteiger partial charge in [0, 0.05) is 37.1 Å². The summed E-state index contributed by atoms with van der Waals surface area (Å²) >= 11 is 0.993. The van der Waals surface area contributed by atoms with Gasteiger partial charge in [0.05, 0.1) is 17.2 Å². The largest absolute Gasteiger partial charge is 0.312 e. The second-order valence-corrected chi connectivity index (χ2v) is 8.91. The van der Waals surface area contributed by atoms with E-state index in [9.17, 15) is 22.8 Å². The van der Waals surface area contributed by atoms with Crippen LogP contribution in [0.3, 0.4) is 0 Å². The Hall–Kier alpha value is -3.79. The maximum Gasteiger partial charge on any atom is 0.234 e. The molecule has 1 unspecified atom stereocenters. The standard InChI is InChI=1S/C24H17F3N4O2S/c25-16-3-5-18(6-4-16)30-13-15(8-21(30)32)23(33)31(12-14-2-1-7-28-11-14)24-29-22-19(27)9-17(26)10-20(22)34-24/h1-7,9-11,15H,8,12-13H2. The van der Waals surface area contributed by atoms with E-state index in [1.807, 2.05) is 0 Å². The van der Waals surface area contributed by atoms with Crippen molar-refractivity contribution in [3.05, 3.63) is 83.9 Å². The van der Waals surface area contributed by atoms with Gasteiger partial charge in [-0.25, -0.2) is 18.2 Å². The van der Waals surface area contributed by atoms with E-state index in [2.05, 4.69) is 9.97 Å². The van der Waals surface area contributed by atoms with Crippen molar-refractivity contribution in [1.82, 2.24) is 9.97 Å². The van der Waals surface area contributed by atoms with Crippen LogP contribution in [0.4, 0.5) is 24.0 Å². The molecule has 1 aliphatic rings. The fourth-order valence-electron chi connectivity index (χ4n) is 3.94. The zero-order chi connectivity index (χ0) is 23.8. The van der Waals surface area contributed by atoms with Gasteiger partial charge in [0.25, 0.3) is 0 Å². The van der Waals surface area contributed by atoms with E-state index in [-0.39, 0.29) is 46.7 Å². The Balaban J connectivity index is 1.48. The number of amides is 2. The molecule has 34 heavy (non-hydrogen) atoms. The molecule has 0 saturated carbocycles. The number of carbonyl (C=O) groups excluding carboxylic acids is 2. The lowest BCUT2D eigenvalue weighted by Gasteiger charge is -2.23. The van der Waals surface area contributed by atoms with Crippen molar-refractivity contribution in [2.75, 3.05) is 16.3 Å². The number of halogens is 3. The maximum atomic E-state index is 14.3. The predicted octanol–water partition coefficient (Wildman–Crippen LogP) is 4.69. The number of fused-ring (bicyclic) bond motifs is 1. The normalized spacial score (nSPS) is 15.8. The van der Waals surface area contributed by atoms with Crippen molar-refractivity contribution in [3.8, 4) is 0 Å². The third-order valence-corrected chi connectivity index (χ3v) is 6.60. The highest BCUT2D eigenvalue weighted by molar-refractivity contribution is 7.22. The molecule has 5 rings (SSSR count). The average molecular weight is 482 g/mol. The molecule has 2 amide bonds. The molecule has 0 N–H and O–H groups in total. The monoisotopic (exact) mass is 482 g/mol. The van der Waals surface area contributed by atoms with E-state index in [0.29, 0.717) is 11.3 Å². The molecule has 3 heterocycles. The van der Waals surface area contributed by atoms with Crippen LogP contribution in [0.2, 0.25) is 0 Å². The number of carbonyl (C=O) groups is 2. The second-order valence-electron chi connectivity index (χ2n) is 7.90. The van der Waals surface area contributed by atoms with Gasteiger partial charge in [-0.1, -0.05) is 17.4 Å². The van der Waals surface area contributed by atoms with Crippen molar-refractivity contribution in [2.24, 2.45) is 5.92 Å². The summed E-state index contributed by atoms with van der Waals surface area (Å²) < 4.78 is 41.6. The Labute approximate surface area is 196 Å². The highest BCUT2D eigenvalue weighted by atomic mass is 32.1. The van der Waals surface area contributed by atoms with E-state index < -0.39 is 23.4 Å². The summed E-state index contributed by atoms with van der Waals surface area (Å²) in [6, 6.07) is 10.9. The number of rotatable bonds is 5. The van der Waals surface area contributed by atoms with Gasteiger partial charge >= 0.3 is 0 Å². The summed E-state index contributed by atoms with van der Waals surface area (Å²) in [4.78, 5) is 37.4. The number of anilines is 2. The summed E-state index contributed by atoms with van der Waals surface area (Å²) in [7, 11) is 0. The number of hydrogen-bond acceptors (Lipinski definition) is 5. The lowest BCUT2D eigenvalue weighted by Crippen LogP contribution is -2.37. The van der Waals surface area contributed by atoms with Crippen LogP contribution < -0.4 is 9.80 Å². The van der Waals surface area contributed by atoms with E-state index in [0.717, 1.165) is 17.4 Å². The van der Waals surface area contributed by atoms with Crippen LogP contribution in [0.5, 0.6) is 0 Å². The maximum absolute atomic E-state index is 14.3. The average Bonchev–Trinajstić information content (AvgIpc) is 3.42. The number of nitrogens with zero attached hydrogens (tertiary/aromatic N) is 4. The van der Waals surface area contributed by atoms with Crippen LogP contribution in [-0.2, 0) is 16.1 Å². The highest BCUT2D eigenvalue weighted by Gasteiger charge is 2.38. The van der Waals surface area contributed by atoms with Gasteiger partial charge in [-0.15, -0.1) is 0 Å². The van der Waals surface area contributed by atoms with Crippen LogP contribution in [0.15, 0.2) is 60.9 Å². The minimum Gasteiger partial charge on any atom is -0.312 e. The van der Waals surface area contributed by atoms with Gasteiger partial charge in [-0.2, -0.15) is 0 Å². The predicted molar refractivity (Wildman–Crippen MR) is 122 cm³/mol. The quantitative estimate of drug-likeness (QED) is 0.414. The van der Waals surface area contributed by atoms with Crippen molar-refractivity contribution in [1.29, 1.82) is 0 Å². The minimum atomic E-state index is -0.815. The summed E-state index contributed by atoms with van der Waals surface area (Å²) in [6.45, 7) is 0.207. The first kappa shape index (κ1) is 22.0. The van der Waals surface area contributed by atoms with E-state index >= 15 is 0 Å².